The van der Waals surface area contributed by atoms with Crippen molar-refractivity contribution >= 4 is 27.8 Å². The number of rotatable bonds is 1. The molecule has 0 aliphatic heterocycles. The van der Waals surface area contributed by atoms with Crippen LogP contribution in [0.5, 0.6) is 0 Å². The van der Waals surface area contributed by atoms with Crippen LogP contribution in [0.3, 0.4) is 0 Å². The molecule has 140 valence electrons. The van der Waals surface area contributed by atoms with Crippen molar-refractivity contribution in [3.05, 3.63) is 34.7 Å². The Bertz CT molecular complexity index is 706. The summed E-state index contributed by atoms with van der Waals surface area (Å²) in [7, 11) is -7.70. The molecule has 1 aliphatic rings. The Labute approximate surface area is 144 Å². The zero-order valence-corrected chi connectivity index (χ0v) is 14.4. The second-order valence-electron chi connectivity index (χ2n) is 6.12. The van der Waals surface area contributed by atoms with Gasteiger partial charge in [-0.1, -0.05) is 31.4 Å². The van der Waals surface area contributed by atoms with Gasteiger partial charge in [0.2, 0.25) is 0 Å². The van der Waals surface area contributed by atoms with Crippen LogP contribution in [0, 0.1) is 6.92 Å². The number of halogens is 7. The number of fused-ring (bicyclic) bond motifs is 1. The van der Waals surface area contributed by atoms with Gasteiger partial charge in [0.15, 0.2) is 9.58 Å². The van der Waals surface area contributed by atoms with Gasteiger partial charge in [-0.05, 0) is 31.4 Å². The van der Waals surface area contributed by atoms with Crippen LogP contribution < -0.4 is 0 Å². The molecule has 1 aromatic carbocycles. The number of hydrogen-bond acceptors (Lipinski definition) is 0. The van der Waals surface area contributed by atoms with Crippen LogP contribution >= 0.6 is 10.5 Å². The fourth-order valence-electron chi connectivity index (χ4n) is 3.27. The molecule has 3 rings (SSSR count). The summed E-state index contributed by atoms with van der Waals surface area (Å²) in [6.07, 6.45) is 5.12. The quantitative estimate of drug-likeness (QED) is 0.267. The molecule has 0 nitrogen and oxygen atoms in total. The van der Waals surface area contributed by atoms with Crippen LogP contribution in [-0.2, 0) is 5.51 Å². The summed E-state index contributed by atoms with van der Waals surface area (Å²) in [6, 6.07) is 7.15. The minimum atomic E-state index is -6.00. The number of thiophene rings is 1. The molecule has 0 amide bonds. The second-order valence-corrected chi connectivity index (χ2v) is 8.10. The van der Waals surface area contributed by atoms with Gasteiger partial charge < -0.3 is 17.3 Å². The van der Waals surface area contributed by atoms with Crippen LogP contribution in [0.25, 0.3) is 10.1 Å². The fourth-order valence-corrected chi connectivity index (χ4v) is 5.50. The first-order valence-corrected chi connectivity index (χ1v) is 9.20. The molecule has 9 heteroatoms. The van der Waals surface area contributed by atoms with E-state index < -0.39 is 23.2 Å². The Morgan fingerprint density at radius 2 is 1.56 bits per heavy atom. The third kappa shape index (κ3) is 5.36. The molecule has 1 atom stereocenters. The van der Waals surface area contributed by atoms with Gasteiger partial charge in [0.25, 0.3) is 0 Å². The highest BCUT2D eigenvalue weighted by atomic mass is 32.2. The fraction of sp³-hybridized carbons (Fsp3) is 0.500. The van der Waals surface area contributed by atoms with Crippen molar-refractivity contribution in [2.75, 3.05) is 0 Å². The van der Waals surface area contributed by atoms with Gasteiger partial charge in [-0.15, -0.1) is 13.2 Å². The molecule has 0 spiro atoms. The number of hydrogen-bond donors (Lipinski definition) is 0. The van der Waals surface area contributed by atoms with Gasteiger partial charge in [-0.25, -0.2) is 0 Å². The average Bonchev–Trinajstić information content (AvgIpc) is 2.87. The standard InChI is InChI=1S/C16H18F3S.BF4/c1-11-6-5-9-14-13(11)10-15(20(14)16(17,18)19)12-7-3-2-4-8-12;2-1(3,4)5/h5-6,9-10,12H,2-4,7-8H2,1H3;/q+1;-1. The van der Waals surface area contributed by atoms with Crippen molar-refractivity contribution in [2.45, 2.75) is 50.5 Å². The molecule has 2 aromatic rings. The summed E-state index contributed by atoms with van der Waals surface area (Å²) in [4.78, 5) is 0.640. The summed E-state index contributed by atoms with van der Waals surface area (Å²) in [5.41, 5.74) is -3.20. The van der Waals surface area contributed by atoms with Crippen LogP contribution in [0.2, 0.25) is 0 Å². The first kappa shape index (κ1) is 20.1. The summed E-state index contributed by atoms with van der Waals surface area (Å²) in [6.45, 7) is 1.90. The van der Waals surface area contributed by atoms with Gasteiger partial charge in [0.1, 0.15) is 0 Å². The van der Waals surface area contributed by atoms with Crippen LogP contribution in [0.4, 0.5) is 30.4 Å². The van der Waals surface area contributed by atoms with E-state index in [9.17, 15) is 30.4 Å². The van der Waals surface area contributed by atoms with E-state index >= 15 is 0 Å². The smallest absolute Gasteiger partial charge is 0.418 e. The molecule has 0 bridgehead atoms. The highest BCUT2D eigenvalue weighted by molar-refractivity contribution is 7.38. The topological polar surface area (TPSA) is 0 Å². The van der Waals surface area contributed by atoms with Crippen molar-refractivity contribution in [1.29, 1.82) is 0 Å². The van der Waals surface area contributed by atoms with Crippen molar-refractivity contribution in [2.24, 2.45) is 0 Å². The Kier molecular flexibility index (Phi) is 6.07. The van der Waals surface area contributed by atoms with E-state index in [1.165, 1.54) is 0 Å². The average molecular weight is 386 g/mol. The van der Waals surface area contributed by atoms with Crippen molar-refractivity contribution in [1.82, 2.24) is 0 Å². The summed E-state index contributed by atoms with van der Waals surface area (Å²) >= 11 is 0. The summed E-state index contributed by atoms with van der Waals surface area (Å²) < 4.78 is 80.1. The lowest BCUT2D eigenvalue weighted by Crippen LogP contribution is -2.06. The number of aryl methyl sites for hydroxylation is 1. The molecule has 0 N–H and O–H groups in total. The molecular weight excluding hydrogens is 368 g/mol. The largest absolute Gasteiger partial charge is 0.673 e. The van der Waals surface area contributed by atoms with Gasteiger partial charge >= 0.3 is 12.8 Å². The van der Waals surface area contributed by atoms with Gasteiger partial charge in [0.05, 0.1) is 10.5 Å². The SMILES string of the molecule is Cc1cccc2c1cc(C1CCCCC1)[s+]2C(F)(F)F.F[B-](F)(F)F. The van der Waals surface area contributed by atoms with Crippen LogP contribution in [0.1, 0.15) is 48.5 Å². The summed E-state index contributed by atoms with van der Waals surface area (Å²) in [5.74, 6) is 0.125. The molecule has 1 fully saturated rings. The van der Waals surface area contributed by atoms with E-state index in [0.717, 1.165) is 43.1 Å². The molecule has 25 heavy (non-hydrogen) atoms. The van der Waals surface area contributed by atoms with E-state index in [2.05, 4.69) is 0 Å². The lowest BCUT2D eigenvalue weighted by atomic mass is 9.88. The number of alkyl halides is 3. The van der Waals surface area contributed by atoms with E-state index in [-0.39, 0.29) is 5.92 Å². The normalized spacial score (nSPS) is 17.4. The van der Waals surface area contributed by atoms with E-state index in [0.29, 0.717) is 9.58 Å². The van der Waals surface area contributed by atoms with E-state index in [1.54, 1.807) is 12.1 Å². The zero-order chi connectivity index (χ0) is 18.8. The summed E-state index contributed by atoms with van der Waals surface area (Å²) in [5, 5.41) is 0.814. The lowest BCUT2D eigenvalue weighted by molar-refractivity contribution is -0.0868. The highest BCUT2D eigenvalue weighted by Crippen LogP contribution is 2.55. The second kappa shape index (κ2) is 7.56. The maximum atomic E-state index is 13.5. The molecule has 1 aromatic heterocycles. The Morgan fingerprint density at radius 1 is 1.00 bits per heavy atom. The molecule has 1 saturated carbocycles. The van der Waals surface area contributed by atoms with E-state index in [4.69, 9.17) is 0 Å². The zero-order valence-electron chi connectivity index (χ0n) is 13.6. The predicted octanol–water partition coefficient (Wildman–Crippen LogP) is 7.72. The Morgan fingerprint density at radius 3 is 2.08 bits per heavy atom. The van der Waals surface area contributed by atoms with Crippen molar-refractivity contribution in [3.8, 4) is 0 Å². The Balaban J connectivity index is 0.000000399. The van der Waals surface area contributed by atoms with Crippen LogP contribution in [-0.4, -0.2) is 7.25 Å². The molecule has 0 radical (unpaired) electrons. The monoisotopic (exact) mass is 386 g/mol. The number of benzene rings is 1. The first-order chi connectivity index (χ1) is 11.5. The minimum Gasteiger partial charge on any atom is -0.418 e. The van der Waals surface area contributed by atoms with Crippen LogP contribution in [0.15, 0.2) is 24.3 Å². The molecule has 1 unspecified atom stereocenters. The predicted molar refractivity (Wildman–Crippen MR) is 88.5 cm³/mol. The third-order valence-corrected chi connectivity index (χ3v) is 6.45. The minimum absolute atomic E-state index is 0.125. The maximum absolute atomic E-state index is 13.5. The molecule has 1 aliphatic carbocycles. The maximum Gasteiger partial charge on any atom is 0.673 e. The first-order valence-electron chi connectivity index (χ1n) is 7.98. The van der Waals surface area contributed by atoms with Crippen molar-refractivity contribution in [3.63, 3.8) is 0 Å². The Hall–Kier alpha value is -1.25. The van der Waals surface area contributed by atoms with Gasteiger partial charge in [-0.3, -0.25) is 0 Å². The van der Waals surface area contributed by atoms with E-state index in [1.807, 2.05) is 19.1 Å². The highest BCUT2D eigenvalue weighted by Gasteiger charge is 2.49. The third-order valence-electron chi connectivity index (χ3n) is 4.27. The molecule has 1 heterocycles. The molecular formula is C16H18BF7S. The molecule has 0 saturated heterocycles. The van der Waals surface area contributed by atoms with Crippen molar-refractivity contribution < 1.29 is 30.4 Å². The van der Waals surface area contributed by atoms with Gasteiger partial charge in [0, 0.05) is 17.4 Å². The van der Waals surface area contributed by atoms with Gasteiger partial charge in [-0.2, -0.15) is 0 Å². The lowest BCUT2D eigenvalue weighted by Gasteiger charge is -2.18.